The van der Waals surface area contributed by atoms with Crippen molar-refractivity contribution in [2.75, 3.05) is 74.8 Å². The van der Waals surface area contributed by atoms with Crippen LogP contribution in [0, 0.1) is 17.8 Å². The maximum absolute atomic E-state index is 14.5. The molecule has 322 valence electrons. The van der Waals surface area contributed by atoms with E-state index >= 15 is 0 Å². The summed E-state index contributed by atoms with van der Waals surface area (Å²) in [5, 5.41) is 34.6. The Morgan fingerprint density at radius 2 is 1.53 bits per heavy atom. The summed E-state index contributed by atoms with van der Waals surface area (Å²) in [6, 6.07) is -0.510. The Hall–Kier alpha value is -1.05. The number of ether oxygens (including phenoxy) is 8. The van der Waals surface area contributed by atoms with Crippen LogP contribution >= 0.6 is 0 Å². The van der Waals surface area contributed by atoms with Gasteiger partial charge in [-0.15, -0.1) is 0 Å². The van der Waals surface area contributed by atoms with Crippen LogP contribution in [0.4, 0.5) is 0 Å². The third-order valence-electron chi connectivity index (χ3n) is 13.1. The second-order valence-electron chi connectivity index (χ2n) is 17.7. The van der Waals surface area contributed by atoms with Crippen molar-refractivity contribution in [1.29, 1.82) is 0 Å². The van der Waals surface area contributed by atoms with E-state index in [1.807, 2.05) is 72.5 Å². The number of morpholine rings is 1. The first-order chi connectivity index (χ1) is 25.7. The van der Waals surface area contributed by atoms with Crippen molar-refractivity contribution in [3.8, 4) is 0 Å². The monoisotopic (exact) mass is 790 g/mol. The molecule has 15 nitrogen and oxygen atoms in total. The van der Waals surface area contributed by atoms with Crippen LogP contribution in [0.25, 0.3) is 0 Å². The maximum atomic E-state index is 14.5. The first kappa shape index (κ1) is 46.6. The van der Waals surface area contributed by atoms with Gasteiger partial charge >= 0.3 is 5.97 Å². The predicted octanol–water partition coefficient (Wildman–Crippen LogP) is 1.73. The molecule has 0 saturated carbocycles. The quantitative estimate of drug-likeness (QED) is 0.290. The van der Waals surface area contributed by atoms with Crippen LogP contribution in [-0.4, -0.2) is 195 Å². The molecule has 0 aromatic heterocycles. The number of likely N-dealkylation sites (N-methyl/N-ethyl adjacent to an activating group) is 2. The van der Waals surface area contributed by atoms with Crippen LogP contribution in [0.3, 0.4) is 0 Å². The third kappa shape index (κ3) is 11.2. The van der Waals surface area contributed by atoms with Crippen molar-refractivity contribution < 1.29 is 58.0 Å². The smallest absolute Gasteiger partial charge is 0.311 e. The topological polar surface area (TPSA) is 161 Å². The molecule has 4 aliphatic rings. The second kappa shape index (κ2) is 19.8. The number of rotatable bonds is 9. The van der Waals surface area contributed by atoms with Crippen molar-refractivity contribution in [3.63, 3.8) is 0 Å². The molecule has 0 bridgehead atoms. The summed E-state index contributed by atoms with van der Waals surface area (Å²) in [4.78, 5) is 20.8. The predicted molar refractivity (Wildman–Crippen MR) is 205 cm³/mol. The van der Waals surface area contributed by atoms with Crippen molar-refractivity contribution >= 4 is 5.97 Å². The molecule has 0 radical (unpaired) electrons. The van der Waals surface area contributed by atoms with Crippen LogP contribution in [-0.2, 0) is 42.7 Å². The fraction of sp³-hybridized carbons (Fsp3) is 0.975. The zero-order valence-electron chi connectivity index (χ0n) is 35.9. The standard InChI is InChI=1S/C40H75N3O12/c1-23-19-40(8,49-13)36(55-38-33(45)30(41(9)10)18-24(2)51-38)25(3)34(54-31-20-39(7,48-12)35(46)28(6)52-31)26(4)37(47)53-29(21-42(11)27(5)32(23)44)22-43-14-16-50-17-15-43/h23-36,38,44-46H,14-22H2,1-13H3/t23-,24-,25+,26-,27+,28+,29+,30+,31?,32+,33-,34+,35+,36-,38+,39-,40+/m1/s1. The van der Waals surface area contributed by atoms with Gasteiger partial charge in [0.2, 0.25) is 0 Å². The number of aliphatic hydroxyl groups is 3. The van der Waals surface area contributed by atoms with E-state index in [-0.39, 0.29) is 30.5 Å². The Bertz CT molecular complexity index is 1200. The van der Waals surface area contributed by atoms with Crippen LogP contribution < -0.4 is 0 Å². The van der Waals surface area contributed by atoms with Gasteiger partial charge in [0.1, 0.15) is 18.3 Å². The van der Waals surface area contributed by atoms with Crippen molar-refractivity contribution in [2.24, 2.45) is 17.8 Å². The zero-order valence-corrected chi connectivity index (χ0v) is 35.9. The van der Waals surface area contributed by atoms with Crippen molar-refractivity contribution in [2.45, 2.75) is 159 Å². The number of carbonyl (C=O) groups excluding carboxylic acids is 1. The molecule has 0 amide bonds. The molecule has 4 aliphatic heterocycles. The Labute approximate surface area is 330 Å². The van der Waals surface area contributed by atoms with Gasteiger partial charge < -0.3 is 58.1 Å². The average molecular weight is 790 g/mol. The maximum Gasteiger partial charge on any atom is 0.311 e. The Kier molecular flexibility index (Phi) is 16.8. The van der Waals surface area contributed by atoms with E-state index in [1.54, 1.807) is 28.1 Å². The number of esters is 1. The highest BCUT2D eigenvalue weighted by atomic mass is 16.7. The van der Waals surface area contributed by atoms with Gasteiger partial charge in [0.05, 0.1) is 60.9 Å². The summed E-state index contributed by atoms with van der Waals surface area (Å²) < 4.78 is 50.6. The van der Waals surface area contributed by atoms with Gasteiger partial charge in [-0.05, 0) is 81.4 Å². The normalized spacial score (nSPS) is 46.6. The van der Waals surface area contributed by atoms with Crippen LogP contribution in [0.5, 0.6) is 0 Å². The molecule has 0 aromatic carbocycles. The van der Waals surface area contributed by atoms with Gasteiger partial charge in [0.15, 0.2) is 12.6 Å². The van der Waals surface area contributed by atoms with E-state index in [0.29, 0.717) is 39.1 Å². The average Bonchev–Trinajstić information content (AvgIpc) is 3.14. The van der Waals surface area contributed by atoms with Crippen LogP contribution in [0.15, 0.2) is 0 Å². The summed E-state index contributed by atoms with van der Waals surface area (Å²) in [6.07, 6.45) is -6.39. The minimum atomic E-state index is -1.07. The molecule has 4 heterocycles. The van der Waals surface area contributed by atoms with Gasteiger partial charge in [-0.2, -0.15) is 0 Å². The number of aliphatic hydroxyl groups excluding tert-OH is 3. The third-order valence-corrected chi connectivity index (χ3v) is 13.1. The molecule has 15 heteroatoms. The number of hydrogen-bond donors (Lipinski definition) is 3. The summed E-state index contributed by atoms with van der Waals surface area (Å²) in [5.41, 5.74) is -2.04. The molecule has 3 N–H and O–H groups in total. The number of nitrogens with zero attached hydrogens (tertiary/aromatic N) is 3. The van der Waals surface area contributed by atoms with Gasteiger partial charge in [-0.1, -0.05) is 13.8 Å². The molecule has 1 unspecified atom stereocenters. The lowest BCUT2D eigenvalue weighted by molar-refractivity contribution is -0.319. The van der Waals surface area contributed by atoms with Crippen LogP contribution in [0.1, 0.15) is 74.7 Å². The Balaban J connectivity index is 1.81. The SMILES string of the molecule is CO[C@]1(C)CC(O[C@H]2[C@H](C)[C@@H](O[C@@H]3O[C@H](C)C[C@H](N(C)C)[C@H]3O)[C@@](C)(OC)C[C@@H](C)[C@H](O)[C@H](C)N(C)C[C@@H](CN3CCOCC3)OC(=O)[C@@H]2C)O[C@@H](C)[C@@H]1O. The Morgan fingerprint density at radius 3 is 2.13 bits per heavy atom. The number of methoxy groups -OCH3 is 2. The van der Waals surface area contributed by atoms with Gasteiger partial charge in [0, 0.05) is 64.8 Å². The molecule has 0 aromatic rings. The lowest BCUT2D eigenvalue weighted by atomic mass is 9.76. The molecule has 0 aliphatic carbocycles. The molecular weight excluding hydrogens is 714 g/mol. The largest absolute Gasteiger partial charge is 0.459 e. The summed E-state index contributed by atoms with van der Waals surface area (Å²) in [7, 11) is 8.96. The molecule has 55 heavy (non-hydrogen) atoms. The van der Waals surface area contributed by atoms with E-state index in [1.165, 1.54) is 0 Å². The van der Waals surface area contributed by atoms with E-state index in [2.05, 4.69) is 4.90 Å². The van der Waals surface area contributed by atoms with E-state index in [4.69, 9.17) is 37.9 Å². The van der Waals surface area contributed by atoms with Gasteiger partial charge in [-0.25, -0.2) is 0 Å². The van der Waals surface area contributed by atoms with Crippen molar-refractivity contribution in [1.82, 2.24) is 14.7 Å². The molecule has 4 saturated heterocycles. The Morgan fingerprint density at radius 1 is 0.891 bits per heavy atom. The minimum absolute atomic E-state index is 0.200. The van der Waals surface area contributed by atoms with E-state index < -0.39 is 84.3 Å². The molecular formula is C40H75N3O12. The minimum Gasteiger partial charge on any atom is -0.459 e. The second-order valence-corrected chi connectivity index (χ2v) is 17.7. The van der Waals surface area contributed by atoms with E-state index in [9.17, 15) is 20.1 Å². The highest BCUT2D eigenvalue weighted by molar-refractivity contribution is 5.73. The first-order valence-electron chi connectivity index (χ1n) is 20.4. The van der Waals surface area contributed by atoms with Crippen LogP contribution in [0.2, 0.25) is 0 Å². The highest BCUT2D eigenvalue weighted by Gasteiger charge is 2.52. The fourth-order valence-electron chi connectivity index (χ4n) is 9.17. The van der Waals surface area contributed by atoms with Gasteiger partial charge in [-0.3, -0.25) is 14.6 Å². The summed E-state index contributed by atoms with van der Waals surface area (Å²) in [6.45, 7) is 18.8. The summed E-state index contributed by atoms with van der Waals surface area (Å²) in [5.74, 6) is -2.14. The molecule has 17 atom stereocenters. The number of cyclic esters (lactones) is 1. The lowest BCUT2D eigenvalue weighted by Gasteiger charge is -2.50. The molecule has 0 spiro atoms. The van der Waals surface area contributed by atoms with E-state index in [0.717, 1.165) is 13.1 Å². The number of hydrogen-bond acceptors (Lipinski definition) is 15. The fourth-order valence-corrected chi connectivity index (χ4v) is 9.17. The molecule has 4 fully saturated rings. The highest BCUT2D eigenvalue weighted by Crippen LogP contribution is 2.41. The number of carbonyl (C=O) groups is 1. The van der Waals surface area contributed by atoms with Crippen molar-refractivity contribution in [3.05, 3.63) is 0 Å². The lowest BCUT2D eigenvalue weighted by Crippen LogP contribution is -2.61. The first-order valence-corrected chi connectivity index (χ1v) is 20.4. The summed E-state index contributed by atoms with van der Waals surface area (Å²) >= 11 is 0. The van der Waals surface area contributed by atoms with Gasteiger partial charge in [0.25, 0.3) is 0 Å². The molecule has 4 rings (SSSR count). The zero-order chi connectivity index (χ0) is 41.0.